The van der Waals surface area contributed by atoms with E-state index >= 15 is 0 Å². The van der Waals surface area contributed by atoms with Crippen molar-refractivity contribution in [2.45, 2.75) is 33.2 Å². The van der Waals surface area contributed by atoms with E-state index in [9.17, 15) is 0 Å². The van der Waals surface area contributed by atoms with Crippen LogP contribution < -0.4 is 5.73 Å². The maximum Gasteiger partial charge on any atom is 0.0271 e. The van der Waals surface area contributed by atoms with Crippen molar-refractivity contribution in [3.05, 3.63) is 30.1 Å². The minimum atomic E-state index is 0.266. The zero-order valence-corrected chi connectivity index (χ0v) is 11.3. The average Bonchev–Trinajstić information content (AvgIpc) is 2.37. The summed E-state index contributed by atoms with van der Waals surface area (Å²) >= 11 is 0. The number of pyridine rings is 1. The van der Waals surface area contributed by atoms with Gasteiger partial charge in [-0.3, -0.25) is 4.98 Å². The molecule has 0 amide bonds. The monoisotopic (exact) mass is 235 g/mol. The molecule has 0 spiro atoms. The first-order valence-electron chi connectivity index (χ1n) is 6.43. The molecular weight excluding hydrogens is 210 g/mol. The summed E-state index contributed by atoms with van der Waals surface area (Å²) in [6.07, 6.45) is 5.97. The van der Waals surface area contributed by atoms with Gasteiger partial charge in [0.05, 0.1) is 0 Å². The summed E-state index contributed by atoms with van der Waals surface area (Å²) in [6.45, 7) is 7.25. The van der Waals surface area contributed by atoms with Gasteiger partial charge in [0.15, 0.2) is 0 Å². The lowest BCUT2D eigenvalue weighted by atomic mass is 9.82. The average molecular weight is 235 g/mol. The molecule has 3 nitrogen and oxygen atoms in total. The summed E-state index contributed by atoms with van der Waals surface area (Å²) in [5.74, 6) is 0. The Bertz CT molecular complexity index is 298. The standard InChI is InChI=1S/C14H25N3/c1-4-14(5-2,11-15)12-17(3)10-13-6-8-16-9-7-13/h6-9H,4-5,10-12,15H2,1-3H3. The van der Waals surface area contributed by atoms with Crippen molar-refractivity contribution in [1.82, 2.24) is 9.88 Å². The van der Waals surface area contributed by atoms with E-state index in [4.69, 9.17) is 5.73 Å². The second kappa shape index (κ2) is 6.72. The molecule has 0 aliphatic heterocycles. The molecule has 0 bridgehead atoms. The van der Waals surface area contributed by atoms with E-state index in [2.05, 4.69) is 42.9 Å². The van der Waals surface area contributed by atoms with Crippen LogP contribution in [0, 0.1) is 5.41 Å². The van der Waals surface area contributed by atoms with Crippen LogP contribution in [0.1, 0.15) is 32.3 Å². The summed E-state index contributed by atoms with van der Waals surface area (Å²) in [5.41, 5.74) is 7.51. The maximum atomic E-state index is 5.93. The van der Waals surface area contributed by atoms with Gasteiger partial charge in [-0.1, -0.05) is 13.8 Å². The summed E-state index contributed by atoms with van der Waals surface area (Å²) in [4.78, 5) is 6.39. The van der Waals surface area contributed by atoms with Crippen molar-refractivity contribution in [3.8, 4) is 0 Å². The van der Waals surface area contributed by atoms with Gasteiger partial charge in [0.2, 0.25) is 0 Å². The molecule has 0 saturated carbocycles. The highest BCUT2D eigenvalue weighted by Crippen LogP contribution is 2.26. The normalized spacial score (nSPS) is 12.1. The molecule has 0 radical (unpaired) electrons. The van der Waals surface area contributed by atoms with Crippen molar-refractivity contribution in [2.75, 3.05) is 20.1 Å². The van der Waals surface area contributed by atoms with Crippen LogP contribution in [0.5, 0.6) is 0 Å². The molecule has 0 atom stereocenters. The number of rotatable bonds is 7. The molecule has 1 aromatic rings. The highest BCUT2D eigenvalue weighted by atomic mass is 15.1. The summed E-state index contributed by atoms with van der Waals surface area (Å²) in [5, 5.41) is 0. The lowest BCUT2D eigenvalue weighted by Crippen LogP contribution is -2.40. The number of hydrogen-bond acceptors (Lipinski definition) is 3. The molecule has 1 heterocycles. The Kier molecular flexibility index (Phi) is 5.59. The van der Waals surface area contributed by atoms with Gasteiger partial charge < -0.3 is 10.6 Å². The summed E-state index contributed by atoms with van der Waals surface area (Å²) < 4.78 is 0. The Morgan fingerprint density at radius 3 is 2.29 bits per heavy atom. The Morgan fingerprint density at radius 1 is 1.24 bits per heavy atom. The molecule has 2 N–H and O–H groups in total. The molecule has 0 aliphatic rings. The first-order chi connectivity index (χ1) is 8.15. The van der Waals surface area contributed by atoms with Crippen LogP contribution in [0.4, 0.5) is 0 Å². The topological polar surface area (TPSA) is 42.1 Å². The summed E-state index contributed by atoms with van der Waals surface area (Å²) in [7, 11) is 2.16. The molecule has 17 heavy (non-hydrogen) atoms. The Morgan fingerprint density at radius 2 is 1.82 bits per heavy atom. The fourth-order valence-electron chi connectivity index (χ4n) is 2.26. The Hall–Kier alpha value is -0.930. The second-order valence-electron chi connectivity index (χ2n) is 4.94. The van der Waals surface area contributed by atoms with E-state index in [1.165, 1.54) is 5.56 Å². The maximum absolute atomic E-state index is 5.93. The van der Waals surface area contributed by atoms with Crippen LogP contribution in [0.2, 0.25) is 0 Å². The van der Waals surface area contributed by atoms with Gasteiger partial charge in [0.25, 0.3) is 0 Å². The molecule has 0 unspecified atom stereocenters. The zero-order valence-electron chi connectivity index (χ0n) is 11.3. The van der Waals surface area contributed by atoms with E-state index in [1.54, 1.807) is 0 Å². The van der Waals surface area contributed by atoms with Gasteiger partial charge in [0, 0.05) is 25.5 Å². The van der Waals surface area contributed by atoms with Crippen molar-refractivity contribution < 1.29 is 0 Å². The number of aromatic nitrogens is 1. The van der Waals surface area contributed by atoms with Crippen LogP contribution in [0.15, 0.2) is 24.5 Å². The van der Waals surface area contributed by atoms with Crippen LogP contribution in [-0.4, -0.2) is 30.0 Å². The van der Waals surface area contributed by atoms with Gasteiger partial charge in [-0.15, -0.1) is 0 Å². The molecule has 1 aromatic heterocycles. The Labute approximate surface area is 105 Å². The van der Waals surface area contributed by atoms with E-state index in [0.29, 0.717) is 0 Å². The van der Waals surface area contributed by atoms with Crippen LogP contribution in [0.25, 0.3) is 0 Å². The summed E-state index contributed by atoms with van der Waals surface area (Å²) in [6, 6.07) is 4.14. The highest BCUT2D eigenvalue weighted by Gasteiger charge is 2.25. The van der Waals surface area contributed by atoms with Gasteiger partial charge >= 0.3 is 0 Å². The largest absolute Gasteiger partial charge is 0.330 e. The predicted octanol–water partition coefficient (Wildman–Crippen LogP) is 2.28. The third-order valence-corrected chi connectivity index (χ3v) is 3.74. The molecule has 3 heteroatoms. The fourth-order valence-corrected chi connectivity index (χ4v) is 2.26. The minimum Gasteiger partial charge on any atom is -0.330 e. The molecule has 1 rings (SSSR count). The number of hydrogen-bond donors (Lipinski definition) is 1. The van der Waals surface area contributed by atoms with Crippen molar-refractivity contribution in [1.29, 1.82) is 0 Å². The lowest BCUT2D eigenvalue weighted by molar-refractivity contribution is 0.162. The van der Waals surface area contributed by atoms with E-state index in [0.717, 1.165) is 32.5 Å². The fraction of sp³-hybridized carbons (Fsp3) is 0.643. The number of nitrogens with two attached hydrogens (primary N) is 1. The van der Waals surface area contributed by atoms with Crippen LogP contribution in [-0.2, 0) is 6.54 Å². The van der Waals surface area contributed by atoms with Crippen molar-refractivity contribution in [2.24, 2.45) is 11.1 Å². The molecule has 96 valence electrons. The van der Waals surface area contributed by atoms with Crippen LogP contribution in [0.3, 0.4) is 0 Å². The first kappa shape index (κ1) is 14.1. The predicted molar refractivity (Wildman–Crippen MR) is 72.6 cm³/mol. The molecule has 0 saturated heterocycles. The smallest absolute Gasteiger partial charge is 0.0271 e. The van der Waals surface area contributed by atoms with Gasteiger partial charge in [-0.2, -0.15) is 0 Å². The third kappa shape index (κ3) is 4.10. The van der Waals surface area contributed by atoms with Gasteiger partial charge in [0.1, 0.15) is 0 Å². The lowest BCUT2D eigenvalue weighted by Gasteiger charge is -2.34. The minimum absolute atomic E-state index is 0.266. The van der Waals surface area contributed by atoms with E-state index in [-0.39, 0.29) is 5.41 Å². The SMILES string of the molecule is CCC(CC)(CN)CN(C)Cc1ccncc1. The van der Waals surface area contributed by atoms with Gasteiger partial charge in [-0.05, 0) is 49.5 Å². The van der Waals surface area contributed by atoms with E-state index < -0.39 is 0 Å². The zero-order chi connectivity index (χ0) is 12.7. The van der Waals surface area contributed by atoms with E-state index in [1.807, 2.05) is 12.4 Å². The third-order valence-electron chi connectivity index (χ3n) is 3.74. The van der Waals surface area contributed by atoms with Crippen LogP contribution >= 0.6 is 0 Å². The first-order valence-corrected chi connectivity index (χ1v) is 6.43. The van der Waals surface area contributed by atoms with Gasteiger partial charge in [-0.25, -0.2) is 0 Å². The van der Waals surface area contributed by atoms with Crippen molar-refractivity contribution >= 4 is 0 Å². The Balaban J connectivity index is 2.56. The molecule has 0 fully saturated rings. The number of nitrogens with zero attached hydrogens (tertiary/aromatic N) is 2. The quantitative estimate of drug-likeness (QED) is 0.788. The molecule has 0 aliphatic carbocycles. The highest BCUT2D eigenvalue weighted by molar-refractivity contribution is 5.09. The van der Waals surface area contributed by atoms with Crippen molar-refractivity contribution in [3.63, 3.8) is 0 Å². The second-order valence-corrected chi connectivity index (χ2v) is 4.94. The molecular formula is C14H25N3. The molecule has 0 aromatic carbocycles.